The summed E-state index contributed by atoms with van der Waals surface area (Å²) in [5.41, 5.74) is 3.69. The average molecular weight is 402 g/mol. The van der Waals surface area contributed by atoms with Gasteiger partial charge in [-0.3, -0.25) is 19.6 Å². The number of carbonyl (C=O) groups is 2. The Bertz CT molecular complexity index is 727. The second-order valence-corrected chi connectivity index (χ2v) is 9.09. The number of carbonyl (C=O) groups excluding carboxylic acids is 2. The van der Waals surface area contributed by atoms with Crippen molar-refractivity contribution in [2.45, 2.75) is 95.2 Å². The van der Waals surface area contributed by atoms with Crippen LogP contribution in [0, 0.1) is 0 Å². The summed E-state index contributed by atoms with van der Waals surface area (Å²) < 4.78 is 0. The Morgan fingerprint density at radius 3 is 2.66 bits per heavy atom. The van der Waals surface area contributed by atoms with E-state index in [1.54, 1.807) is 0 Å². The summed E-state index contributed by atoms with van der Waals surface area (Å²) in [7, 11) is 2.08. The standard InChI is InChI=1S/C22H35N5O2/c1-27-16(13-22(29)24-15-5-4-6-15)9-10-17(27)14-23-21(28)12-11-20-18-7-2-3-8-19(18)25-26-20/h15-17H,2-14H2,1H3,(H,23,28)(H,24,29)(H,25,26)/t16-,17+/m1/s1. The molecular weight excluding hydrogens is 366 g/mol. The normalized spacial score (nSPS) is 24.7. The molecule has 2 heterocycles. The lowest BCUT2D eigenvalue weighted by Gasteiger charge is -2.29. The highest BCUT2D eigenvalue weighted by Gasteiger charge is 2.32. The van der Waals surface area contributed by atoms with Crippen LogP contribution in [-0.4, -0.2) is 58.6 Å². The SMILES string of the molecule is CN1[C@@H](CC(=O)NC2CCC2)CC[C@H]1CNC(=O)CCc1n[nH]c2c1CCCC2. The van der Waals surface area contributed by atoms with Gasteiger partial charge in [0.2, 0.25) is 11.8 Å². The molecule has 160 valence electrons. The Morgan fingerprint density at radius 2 is 1.86 bits per heavy atom. The van der Waals surface area contributed by atoms with Crippen molar-refractivity contribution >= 4 is 11.8 Å². The second-order valence-electron chi connectivity index (χ2n) is 9.09. The number of amides is 2. The summed E-state index contributed by atoms with van der Waals surface area (Å²) >= 11 is 0. The molecule has 7 heteroatoms. The quantitative estimate of drug-likeness (QED) is 0.620. The minimum absolute atomic E-state index is 0.0946. The van der Waals surface area contributed by atoms with Crippen molar-refractivity contribution in [3.63, 3.8) is 0 Å². The minimum Gasteiger partial charge on any atom is -0.355 e. The molecular formula is C22H35N5O2. The average Bonchev–Trinajstić information content (AvgIpc) is 3.25. The molecule has 3 N–H and O–H groups in total. The summed E-state index contributed by atoms with van der Waals surface area (Å²) in [5.74, 6) is 0.274. The minimum atomic E-state index is 0.0946. The molecule has 29 heavy (non-hydrogen) atoms. The van der Waals surface area contributed by atoms with Gasteiger partial charge in [0.15, 0.2) is 0 Å². The molecule has 0 spiro atoms. The lowest BCUT2D eigenvalue weighted by Crippen LogP contribution is -2.44. The zero-order chi connectivity index (χ0) is 20.2. The molecule has 0 radical (unpaired) electrons. The molecule has 1 aromatic heterocycles. The zero-order valence-corrected chi connectivity index (χ0v) is 17.6. The van der Waals surface area contributed by atoms with Gasteiger partial charge in [-0.15, -0.1) is 0 Å². The van der Waals surface area contributed by atoms with E-state index in [0.29, 0.717) is 37.9 Å². The molecule has 0 unspecified atom stereocenters. The number of nitrogens with one attached hydrogen (secondary N) is 3. The van der Waals surface area contributed by atoms with Crippen molar-refractivity contribution in [2.75, 3.05) is 13.6 Å². The smallest absolute Gasteiger partial charge is 0.221 e. The van der Waals surface area contributed by atoms with E-state index in [1.807, 2.05) is 0 Å². The summed E-state index contributed by atoms with van der Waals surface area (Å²) in [6.07, 6.45) is 11.9. The van der Waals surface area contributed by atoms with Gasteiger partial charge in [-0.25, -0.2) is 0 Å². The highest BCUT2D eigenvalue weighted by molar-refractivity contribution is 5.77. The third-order valence-corrected chi connectivity index (χ3v) is 7.14. The number of rotatable bonds is 8. The van der Waals surface area contributed by atoms with Crippen molar-refractivity contribution in [3.05, 3.63) is 17.0 Å². The van der Waals surface area contributed by atoms with Gasteiger partial charge in [0.25, 0.3) is 0 Å². The fourth-order valence-electron chi connectivity index (χ4n) is 4.94. The number of likely N-dealkylation sites (tertiary alicyclic amines) is 1. The number of aryl methyl sites for hydroxylation is 2. The predicted octanol–water partition coefficient (Wildman–Crippen LogP) is 1.86. The van der Waals surface area contributed by atoms with Crippen LogP contribution in [0.1, 0.15) is 74.7 Å². The summed E-state index contributed by atoms with van der Waals surface area (Å²) in [6, 6.07) is 1.01. The van der Waals surface area contributed by atoms with Gasteiger partial charge in [-0.05, 0) is 70.4 Å². The maximum Gasteiger partial charge on any atom is 0.221 e. The lowest BCUT2D eigenvalue weighted by molar-refractivity contribution is -0.124. The van der Waals surface area contributed by atoms with Crippen LogP contribution in [0.15, 0.2) is 0 Å². The second kappa shape index (κ2) is 9.28. The van der Waals surface area contributed by atoms with E-state index in [-0.39, 0.29) is 17.9 Å². The molecule has 2 aliphatic carbocycles. The Kier molecular flexibility index (Phi) is 6.53. The number of likely N-dealkylation sites (N-methyl/N-ethyl adjacent to an activating group) is 1. The van der Waals surface area contributed by atoms with Crippen LogP contribution < -0.4 is 10.6 Å². The fraction of sp³-hybridized carbons (Fsp3) is 0.773. The molecule has 1 aliphatic heterocycles. The molecule has 4 rings (SSSR count). The van der Waals surface area contributed by atoms with Gasteiger partial charge < -0.3 is 10.6 Å². The van der Waals surface area contributed by atoms with Gasteiger partial charge in [0.05, 0.1) is 5.69 Å². The first-order chi connectivity index (χ1) is 14.1. The van der Waals surface area contributed by atoms with Gasteiger partial charge in [0, 0.05) is 49.6 Å². The summed E-state index contributed by atoms with van der Waals surface area (Å²) in [5, 5.41) is 13.8. The number of hydrogen-bond acceptors (Lipinski definition) is 4. The highest BCUT2D eigenvalue weighted by atomic mass is 16.2. The van der Waals surface area contributed by atoms with E-state index in [9.17, 15) is 9.59 Å². The molecule has 2 atom stereocenters. The molecule has 2 fully saturated rings. The van der Waals surface area contributed by atoms with E-state index in [4.69, 9.17) is 0 Å². The number of fused-ring (bicyclic) bond motifs is 1. The van der Waals surface area contributed by atoms with Gasteiger partial charge in [0.1, 0.15) is 0 Å². The van der Waals surface area contributed by atoms with Crippen LogP contribution in [0.5, 0.6) is 0 Å². The predicted molar refractivity (Wildman–Crippen MR) is 112 cm³/mol. The number of aromatic nitrogens is 2. The first kappa shape index (κ1) is 20.4. The number of nitrogens with zero attached hydrogens (tertiary/aromatic N) is 2. The molecule has 7 nitrogen and oxygen atoms in total. The maximum atomic E-state index is 12.4. The topological polar surface area (TPSA) is 90.1 Å². The van der Waals surface area contributed by atoms with Crippen LogP contribution in [0.2, 0.25) is 0 Å². The molecule has 0 aromatic carbocycles. The molecule has 2 amide bonds. The van der Waals surface area contributed by atoms with Crippen molar-refractivity contribution < 1.29 is 9.59 Å². The lowest BCUT2D eigenvalue weighted by atomic mass is 9.93. The Morgan fingerprint density at radius 1 is 1.07 bits per heavy atom. The summed E-state index contributed by atoms with van der Waals surface area (Å²) in [6.45, 7) is 0.661. The third-order valence-electron chi connectivity index (χ3n) is 7.14. The van der Waals surface area contributed by atoms with Gasteiger partial charge >= 0.3 is 0 Å². The number of aromatic amines is 1. The number of H-pyrrole nitrogens is 1. The Hall–Kier alpha value is -1.89. The first-order valence-corrected chi connectivity index (χ1v) is 11.4. The van der Waals surface area contributed by atoms with E-state index in [2.05, 4.69) is 32.8 Å². The molecule has 1 saturated heterocycles. The maximum absolute atomic E-state index is 12.4. The van der Waals surface area contributed by atoms with Gasteiger partial charge in [-0.2, -0.15) is 5.10 Å². The largest absolute Gasteiger partial charge is 0.355 e. The van der Waals surface area contributed by atoms with Crippen molar-refractivity contribution in [1.82, 2.24) is 25.7 Å². The zero-order valence-electron chi connectivity index (χ0n) is 17.6. The van der Waals surface area contributed by atoms with Crippen LogP contribution in [0.3, 0.4) is 0 Å². The Labute approximate surface area is 173 Å². The van der Waals surface area contributed by atoms with Crippen LogP contribution in [0.4, 0.5) is 0 Å². The van der Waals surface area contributed by atoms with E-state index < -0.39 is 0 Å². The number of hydrogen-bond donors (Lipinski definition) is 3. The first-order valence-electron chi connectivity index (χ1n) is 11.4. The third kappa shape index (κ3) is 5.00. The monoisotopic (exact) mass is 401 g/mol. The van der Waals surface area contributed by atoms with Crippen molar-refractivity contribution in [3.8, 4) is 0 Å². The van der Waals surface area contributed by atoms with Gasteiger partial charge in [-0.1, -0.05) is 0 Å². The van der Waals surface area contributed by atoms with E-state index >= 15 is 0 Å². The molecule has 1 aromatic rings. The molecule has 1 saturated carbocycles. The van der Waals surface area contributed by atoms with Crippen LogP contribution >= 0.6 is 0 Å². The fourth-order valence-corrected chi connectivity index (χ4v) is 4.94. The Balaban J connectivity index is 1.16. The van der Waals surface area contributed by atoms with Crippen LogP contribution in [-0.2, 0) is 28.9 Å². The van der Waals surface area contributed by atoms with E-state index in [1.165, 1.54) is 30.5 Å². The van der Waals surface area contributed by atoms with Crippen LogP contribution in [0.25, 0.3) is 0 Å². The van der Waals surface area contributed by atoms with Crippen molar-refractivity contribution in [1.29, 1.82) is 0 Å². The molecule has 3 aliphatic rings. The molecule has 0 bridgehead atoms. The highest BCUT2D eigenvalue weighted by Crippen LogP contribution is 2.25. The van der Waals surface area contributed by atoms with E-state index in [0.717, 1.165) is 44.2 Å². The summed E-state index contributed by atoms with van der Waals surface area (Å²) in [4.78, 5) is 26.8. The van der Waals surface area contributed by atoms with Crippen molar-refractivity contribution in [2.24, 2.45) is 0 Å².